The Morgan fingerprint density at radius 3 is 2.32 bits per heavy atom. The molecule has 0 bridgehead atoms. The molecule has 0 aliphatic rings. The SMILES string of the molecule is Cc1nc(NCCc2c(F)cc(F)cc2F)sc1C. The average molecular weight is 286 g/mol. The molecule has 0 fully saturated rings. The smallest absolute Gasteiger partial charge is 0.183 e. The summed E-state index contributed by atoms with van der Waals surface area (Å²) in [6.45, 7) is 4.19. The van der Waals surface area contributed by atoms with E-state index in [1.54, 1.807) is 0 Å². The molecular weight excluding hydrogens is 273 g/mol. The first-order valence-electron chi connectivity index (χ1n) is 5.78. The molecule has 0 spiro atoms. The number of hydrogen-bond acceptors (Lipinski definition) is 3. The fourth-order valence-electron chi connectivity index (χ4n) is 1.65. The topological polar surface area (TPSA) is 24.9 Å². The van der Waals surface area contributed by atoms with Crippen LogP contribution in [0.4, 0.5) is 18.3 Å². The van der Waals surface area contributed by atoms with Crippen molar-refractivity contribution in [2.45, 2.75) is 20.3 Å². The van der Waals surface area contributed by atoms with Crippen LogP contribution in [0.25, 0.3) is 0 Å². The van der Waals surface area contributed by atoms with E-state index in [0.717, 1.165) is 15.7 Å². The lowest BCUT2D eigenvalue weighted by atomic mass is 10.1. The van der Waals surface area contributed by atoms with Gasteiger partial charge in [0.25, 0.3) is 0 Å². The Morgan fingerprint density at radius 1 is 1.16 bits per heavy atom. The fraction of sp³-hybridized carbons (Fsp3) is 0.308. The van der Waals surface area contributed by atoms with Gasteiger partial charge in [-0.1, -0.05) is 0 Å². The van der Waals surface area contributed by atoms with Gasteiger partial charge in [-0.05, 0) is 20.3 Å². The largest absolute Gasteiger partial charge is 0.361 e. The summed E-state index contributed by atoms with van der Waals surface area (Å²) >= 11 is 1.49. The maximum Gasteiger partial charge on any atom is 0.183 e. The van der Waals surface area contributed by atoms with Crippen LogP contribution in [-0.2, 0) is 6.42 Å². The molecule has 1 aromatic heterocycles. The summed E-state index contributed by atoms with van der Waals surface area (Å²) in [6, 6.07) is 1.38. The van der Waals surface area contributed by atoms with Crippen LogP contribution in [0.5, 0.6) is 0 Å². The second kappa shape index (κ2) is 5.61. The Balaban J connectivity index is 2.00. The van der Waals surface area contributed by atoms with Gasteiger partial charge in [-0.3, -0.25) is 0 Å². The van der Waals surface area contributed by atoms with Gasteiger partial charge in [0.2, 0.25) is 0 Å². The van der Waals surface area contributed by atoms with Gasteiger partial charge in [0.1, 0.15) is 17.5 Å². The lowest BCUT2D eigenvalue weighted by Gasteiger charge is -2.06. The Morgan fingerprint density at radius 2 is 1.79 bits per heavy atom. The molecule has 2 rings (SSSR count). The van der Waals surface area contributed by atoms with Crippen molar-refractivity contribution in [3.8, 4) is 0 Å². The van der Waals surface area contributed by atoms with Gasteiger partial charge in [0, 0.05) is 29.1 Å². The predicted molar refractivity (Wildman–Crippen MR) is 70.1 cm³/mol. The van der Waals surface area contributed by atoms with Gasteiger partial charge >= 0.3 is 0 Å². The van der Waals surface area contributed by atoms with E-state index in [-0.39, 0.29) is 12.0 Å². The zero-order valence-electron chi connectivity index (χ0n) is 10.6. The molecule has 102 valence electrons. The van der Waals surface area contributed by atoms with E-state index >= 15 is 0 Å². The molecule has 0 saturated heterocycles. The van der Waals surface area contributed by atoms with Crippen molar-refractivity contribution < 1.29 is 13.2 Å². The van der Waals surface area contributed by atoms with Crippen molar-refractivity contribution in [2.24, 2.45) is 0 Å². The number of thiazole rings is 1. The summed E-state index contributed by atoms with van der Waals surface area (Å²) in [5.41, 5.74) is 0.825. The van der Waals surface area contributed by atoms with Gasteiger partial charge in [-0.15, -0.1) is 11.3 Å². The molecule has 0 aliphatic carbocycles. The zero-order chi connectivity index (χ0) is 14.0. The van der Waals surface area contributed by atoms with Crippen LogP contribution in [0.3, 0.4) is 0 Å². The number of halogens is 3. The molecule has 0 atom stereocenters. The van der Waals surface area contributed by atoms with Crippen molar-refractivity contribution in [1.29, 1.82) is 0 Å². The van der Waals surface area contributed by atoms with E-state index in [4.69, 9.17) is 0 Å². The lowest BCUT2D eigenvalue weighted by molar-refractivity contribution is 0.524. The van der Waals surface area contributed by atoms with E-state index in [1.165, 1.54) is 11.3 Å². The molecule has 1 heterocycles. The standard InChI is InChI=1S/C13H13F3N2S/c1-7-8(2)19-13(18-7)17-4-3-10-11(15)5-9(14)6-12(10)16/h5-6H,3-4H2,1-2H3,(H,17,18). The van der Waals surface area contributed by atoms with E-state index < -0.39 is 17.5 Å². The first-order chi connectivity index (χ1) is 8.97. The highest BCUT2D eigenvalue weighted by atomic mass is 32.1. The molecule has 2 aromatic rings. The predicted octanol–water partition coefficient (Wildman–Crippen LogP) is 3.83. The molecule has 0 unspecified atom stereocenters. The number of aryl methyl sites for hydroxylation is 2. The van der Waals surface area contributed by atoms with Crippen LogP contribution in [0, 0.1) is 31.3 Å². The van der Waals surface area contributed by atoms with E-state index in [0.29, 0.717) is 18.7 Å². The third kappa shape index (κ3) is 3.26. The molecule has 0 saturated carbocycles. The normalized spacial score (nSPS) is 10.8. The molecule has 2 nitrogen and oxygen atoms in total. The van der Waals surface area contributed by atoms with Gasteiger partial charge < -0.3 is 5.32 Å². The zero-order valence-corrected chi connectivity index (χ0v) is 11.4. The maximum atomic E-state index is 13.4. The van der Waals surface area contributed by atoms with E-state index in [2.05, 4.69) is 10.3 Å². The second-order valence-corrected chi connectivity index (χ2v) is 5.39. The summed E-state index contributed by atoms with van der Waals surface area (Å²) in [5, 5.41) is 3.72. The van der Waals surface area contributed by atoms with Crippen LogP contribution >= 0.6 is 11.3 Å². The Bertz CT molecular complexity index is 553. The van der Waals surface area contributed by atoms with Gasteiger partial charge in [0.15, 0.2) is 5.13 Å². The molecular formula is C13H13F3N2S. The number of nitrogens with zero attached hydrogens (tertiary/aromatic N) is 1. The summed E-state index contributed by atoms with van der Waals surface area (Å²) in [4.78, 5) is 5.36. The highest BCUT2D eigenvalue weighted by molar-refractivity contribution is 7.15. The monoisotopic (exact) mass is 286 g/mol. The fourth-order valence-corrected chi connectivity index (χ4v) is 2.49. The van der Waals surface area contributed by atoms with Crippen LogP contribution < -0.4 is 5.32 Å². The minimum atomic E-state index is -0.905. The van der Waals surface area contributed by atoms with Crippen molar-refractivity contribution in [2.75, 3.05) is 11.9 Å². The molecule has 0 radical (unpaired) electrons. The van der Waals surface area contributed by atoms with Crippen LogP contribution in [-0.4, -0.2) is 11.5 Å². The highest BCUT2D eigenvalue weighted by Crippen LogP contribution is 2.21. The summed E-state index contributed by atoms with van der Waals surface area (Å²) in [5.74, 6) is -2.62. The summed E-state index contributed by atoms with van der Waals surface area (Å²) in [6.07, 6.45) is 0.135. The number of benzene rings is 1. The molecule has 19 heavy (non-hydrogen) atoms. The molecule has 1 N–H and O–H groups in total. The first-order valence-corrected chi connectivity index (χ1v) is 6.60. The Labute approximate surface area is 113 Å². The molecule has 0 amide bonds. The Hall–Kier alpha value is -1.56. The minimum Gasteiger partial charge on any atom is -0.361 e. The van der Waals surface area contributed by atoms with E-state index in [1.807, 2.05) is 13.8 Å². The minimum absolute atomic E-state index is 0.112. The van der Waals surface area contributed by atoms with Gasteiger partial charge in [0.05, 0.1) is 5.69 Å². The van der Waals surface area contributed by atoms with Gasteiger partial charge in [-0.25, -0.2) is 18.2 Å². The van der Waals surface area contributed by atoms with Crippen LogP contribution in [0.2, 0.25) is 0 Å². The quantitative estimate of drug-likeness (QED) is 0.924. The molecule has 1 aromatic carbocycles. The Kier molecular flexibility index (Phi) is 4.09. The van der Waals surface area contributed by atoms with Crippen molar-refractivity contribution >= 4 is 16.5 Å². The average Bonchev–Trinajstić information content (AvgIpc) is 2.62. The number of nitrogens with one attached hydrogen (secondary N) is 1. The second-order valence-electron chi connectivity index (χ2n) is 4.19. The van der Waals surface area contributed by atoms with Crippen molar-refractivity contribution in [3.05, 3.63) is 45.7 Å². The number of hydrogen-bond donors (Lipinski definition) is 1. The van der Waals surface area contributed by atoms with Crippen LogP contribution in [0.15, 0.2) is 12.1 Å². The molecule has 0 aliphatic heterocycles. The number of aromatic nitrogens is 1. The first kappa shape index (κ1) is 13.9. The summed E-state index contributed by atoms with van der Waals surface area (Å²) < 4.78 is 39.5. The van der Waals surface area contributed by atoms with Gasteiger partial charge in [-0.2, -0.15) is 0 Å². The highest BCUT2D eigenvalue weighted by Gasteiger charge is 2.11. The van der Waals surface area contributed by atoms with Crippen molar-refractivity contribution in [1.82, 2.24) is 4.98 Å². The van der Waals surface area contributed by atoms with Crippen LogP contribution in [0.1, 0.15) is 16.1 Å². The molecule has 6 heteroatoms. The number of anilines is 1. The van der Waals surface area contributed by atoms with E-state index in [9.17, 15) is 13.2 Å². The van der Waals surface area contributed by atoms with Crippen molar-refractivity contribution in [3.63, 3.8) is 0 Å². The summed E-state index contributed by atoms with van der Waals surface area (Å²) in [7, 11) is 0. The maximum absolute atomic E-state index is 13.4. The lowest BCUT2D eigenvalue weighted by Crippen LogP contribution is -2.08. The number of rotatable bonds is 4. The third-order valence-electron chi connectivity index (χ3n) is 2.79. The third-order valence-corrected chi connectivity index (χ3v) is 3.82.